The molecule has 1 atom stereocenters. The first-order chi connectivity index (χ1) is 4.73. The topological polar surface area (TPSA) is 37.3 Å². The van der Waals surface area contributed by atoms with Crippen LogP contribution in [-0.4, -0.2) is 11.1 Å². The van der Waals surface area contributed by atoms with Gasteiger partial charge in [0.1, 0.15) is 0 Å². The highest BCUT2D eigenvalue weighted by Gasteiger charge is 2.55. The lowest BCUT2D eigenvalue weighted by Gasteiger charge is -2.36. The van der Waals surface area contributed by atoms with E-state index < -0.39 is 5.97 Å². The summed E-state index contributed by atoms with van der Waals surface area (Å²) in [5.74, 6) is -0.0824. The molecule has 56 valence electrons. The van der Waals surface area contributed by atoms with Crippen LogP contribution >= 0.6 is 0 Å². The molecule has 2 fully saturated rings. The van der Waals surface area contributed by atoms with Crippen molar-refractivity contribution in [1.82, 2.24) is 0 Å². The Bertz CT molecular complexity index is 170. The molecule has 10 heavy (non-hydrogen) atoms. The van der Waals surface area contributed by atoms with Crippen LogP contribution < -0.4 is 0 Å². The number of hydrogen-bond donors (Lipinski definition) is 1. The molecule has 1 N–H and O–H groups in total. The number of aliphatic carboxylic acids is 1. The predicted molar refractivity (Wildman–Crippen MR) is 36.6 cm³/mol. The maximum Gasteiger partial charge on any atom is 0.303 e. The van der Waals surface area contributed by atoms with Gasteiger partial charge in [0.15, 0.2) is 0 Å². The van der Waals surface area contributed by atoms with Gasteiger partial charge in [-0.05, 0) is 37.0 Å². The molecule has 2 saturated carbocycles. The Labute approximate surface area is 60.2 Å². The Morgan fingerprint density at radius 1 is 1.50 bits per heavy atom. The lowest BCUT2D eigenvalue weighted by Crippen LogP contribution is -2.29. The van der Waals surface area contributed by atoms with E-state index in [0.29, 0.717) is 17.8 Å². The van der Waals surface area contributed by atoms with E-state index in [4.69, 9.17) is 5.11 Å². The molecule has 0 bridgehead atoms. The van der Waals surface area contributed by atoms with Crippen LogP contribution in [0.15, 0.2) is 0 Å². The molecule has 2 aliphatic rings. The van der Waals surface area contributed by atoms with Crippen LogP contribution in [0.5, 0.6) is 0 Å². The zero-order valence-electron chi connectivity index (χ0n) is 5.97. The maximum atomic E-state index is 10.3. The minimum Gasteiger partial charge on any atom is -0.481 e. The average molecular weight is 140 g/mol. The molecule has 0 amide bonds. The first kappa shape index (κ1) is 6.20. The number of carboxylic acid groups (broad SMARTS) is 1. The largest absolute Gasteiger partial charge is 0.481 e. The second-order valence-corrected chi connectivity index (χ2v) is 3.70. The van der Waals surface area contributed by atoms with Crippen LogP contribution in [-0.2, 0) is 4.79 Å². The molecular weight excluding hydrogens is 128 g/mol. The second-order valence-electron chi connectivity index (χ2n) is 3.70. The van der Waals surface area contributed by atoms with Crippen molar-refractivity contribution >= 4 is 5.97 Å². The fourth-order valence-corrected chi connectivity index (χ4v) is 2.10. The molecule has 0 heterocycles. The average Bonchev–Trinajstić information content (AvgIpc) is 2.59. The first-order valence-corrected chi connectivity index (χ1v) is 3.95. The maximum absolute atomic E-state index is 10.3. The minimum atomic E-state index is -0.615. The predicted octanol–water partition coefficient (Wildman–Crippen LogP) is 1.65. The van der Waals surface area contributed by atoms with Gasteiger partial charge < -0.3 is 5.11 Å². The third kappa shape index (κ3) is 0.746. The molecule has 2 rings (SSSR count). The highest BCUT2D eigenvalue weighted by molar-refractivity contribution is 5.67. The van der Waals surface area contributed by atoms with E-state index in [9.17, 15) is 4.79 Å². The van der Waals surface area contributed by atoms with Gasteiger partial charge in [0.25, 0.3) is 0 Å². The summed E-state index contributed by atoms with van der Waals surface area (Å²) in [4.78, 5) is 10.3. The number of rotatable bonds is 2. The lowest BCUT2D eigenvalue weighted by atomic mass is 9.69. The van der Waals surface area contributed by atoms with Gasteiger partial charge in [-0.25, -0.2) is 0 Å². The zero-order chi connectivity index (χ0) is 7.19. The number of hydrogen-bond acceptors (Lipinski definition) is 1. The minimum absolute atomic E-state index is 0.417. The van der Waals surface area contributed by atoms with Crippen LogP contribution in [0.1, 0.15) is 32.1 Å². The van der Waals surface area contributed by atoms with Crippen molar-refractivity contribution in [3.63, 3.8) is 0 Å². The fraction of sp³-hybridized carbons (Fsp3) is 0.875. The van der Waals surface area contributed by atoms with Gasteiger partial charge in [-0.1, -0.05) is 0 Å². The van der Waals surface area contributed by atoms with Gasteiger partial charge in [0.2, 0.25) is 0 Å². The normalized spacial score (nSPS) is 33.4. The molecule has 1 spiro atoms. The fourth-order valence-electron chi connectivity index (χ4n) is 2.10. The summed E-state index contributed by atoms with van der Waals surface area (Å²) in [6.07, 6.45) is 5.47. The van der Waals surface area contributed by atoms with Crippen LogP contribution in [0.25, 0.3) is 0 Å². The zero-order valence-corrected chi connectivity index (χ0v) is 5.97. The van der Waals surface area contributed by atoms with Crippen molar-refractivity contribution < 1.29 is 9.90 Å². The Morgan fingerprint density at radius 2 is 2.20 bits per heavy atom. The Morgan fingerprint density at radius 3 is 2.50 bits per heavy atom. The molecule has 0 unspecified atom stereocenters. The standard InChI is InChI=1S/C8H12O2/c9-7(10)5-6-1-2-8(6)3-4-8/h6H,1-5H2,(H,9,10)/t6-/m0/s1. The summed E-state index contributed by atoms with van der Waals surface area (Å²) in [5, 5.41) is 8.51. The van der Waals surface area contributed by atoms with Crippen molar-refractivity contribution in [2.24, 2.45) is 11.3 Å². The molecular formula is C8H12O2. The van der Waals surface area contributed by atoms with Gasteiger partial charge >= 0.3 is 5.97 Å². The number of carboxylic acids is 1. The van der Waals surface area contributed by atoms with E-state index in [-0.39, 0.29) is 0 Å². The molecule has 2 heteroatoms. The summed E-state index contributed by atoms with van der Waals surface area (Å²) in [6, 6.07) is 0. The Balaban J connectivity index is 1.89. The van der Waals surface area contributed by atoms with Crippen molar-refractivity contribution in [3.05, 3.63) is 0 Å². The molecule has 2 aliphatic carbocycles. The molecule has 0 aliphatic heterocycles. The van der Waals surface area contributed by atoms with Crippen LogP contribution in [0.4, 0.5) is 0 Å². The molecule has 0 aromatic carbocycles. The Kier molecular flexibility index (Phi) is 1.08. The van der Waals surface area contributed by atoms with E-state index in [0.717, 1.165) is 6.42 Å². The van der Waals surface area contributed by atoms with Gasteiger partial charge in [0.05, 0.1) is 0 Å². The van der Waals surface area contributed by atoms with Crippen LogP contribution in [0, 0.1) is 11.3 Å². The highest BCUT2D eigenvalue weighted by Crippen LogP contribution is 2.65. The summed E-state index contributed by atoms with van der Waals surface area (Å²) >= 11 is 0. The van der Waals surface area contributed by atoms with Gasteiger partial charge in [-0.15, -0.1) is 0 Å². The van der Waals surface area contributed by atoms with Crippen LogP contribution in [0.2, 0.25) is 0 Å². The lowest BCUT2D eigenvalue weighted by molar-refractivity contribution is -0.139. The third-order valence-corrected chi connectivity index (χ3v) is 3.17. The molecule has 2 nitrogen and oxygen atoms in total. The van der Waals surface area contributed by atoms with Gasteiger partial charge in [-0.3, -0.25) is 4.79 Å². The molecule has 0 aromatic heterocycles. The second kappa shape index (κ2) is 1.74. The van der Waals surface area contributed by atoms with Crippen molar-refractivity contribution in [2.45, 2.75) is 32.1 Å². The Hall–Kier alpha value is -0.530. The first-order valence-electron chi connectivity index (χ1n) is 3.95. The van der Waals surface area contributed by atoms with Gasteiger partial charge in [0, 0.05) is 6.42 Å². The number of carbonyl (C=O) groups is 1. The molecule has 0 radical (unpaired) electrons. The summed E-state index contributed by atoms with van der Waals surface area (Å²) in [7, 11) is 0. The van der Waals surface area contributed by atoms with E-state index in [1.54, 1.807) is 0 Å². The smallest absolute Gasteiger partial charge is 0.303 e. The summed E-state index contributed by atoms with van der Waals surface area (Å²) in [5.41, 5.74) is 0.540. The SMILES string of the molecule is O=C(O)C[C@@H]1CCC12CC2. The van der Waals surface area contributed by atoms with Gasteiger partial charge in [-0.2, -0.15) is 0 Å². The van der Waals surface area contributed by atoms with Crippen molar-refractivity contribution in [1.29, 1.82) is 0 Å². The molecule has 0 aromatic rings. The van der Waals surface area contributed by atoms with Crippen molar-refractivity contribution in [3.8, 4) is 0 Å². The monoisotopic (exact) mass is 140 g/mol. The highest BCUT2D eigenvalue weighted by atomic mass is 16.4. The summed E-state index contributed by atoms with van der Waals surface area (Å²) < 4.78 is 0. The molecule has 0 saturated heterocycles. The van der Waals surface area contributed by atoms with E-state index in [2.05, 4.69) is 0 Å². The quantitative estimate of drug-likeness (QED) is 0.633. The van der Waals surface area contributed by atoms with E-state index >= 15 is 0 Å². The summed E-state index contributed by atoms with van der Waals surface area (Å²) in [6.45, 7) is 0. The third-order valence-electron chi connectivity index (χ3n) is 3.17. The van der Waals surface area contributed by atoms with Crippen molar-refractivity contribution in [2.75, 3.05) is 0 Å². The van der Waals surface area contributed by atoms with E-state index in [1.807, 2.05) is 0 Å². The van der Waals surface area contributed by atoms with Crippen LogP contribution in [0.3, 0.4) is 0 Å². The van der Waals surface area contributed by atoms with E-state index in [1.165, 1.54) is 19.3 Å².